The first-order valence-corrected chi connectivity index (χ1v) is 11.4. The monoisotopic (exact) mass is 443 g/mol. The summed E-state index contributed by atoms with van der Waals surface area (Å²) < 4.78 is 0. The van der Waals surface area contributed by atoms with E-state index in [0.717, 1.165) is 17.1 Å². The van der Waals surface area contributed by atoms with Crippen molar-refractivity contribution < 1.29 is 9.59 Å². The van der Waals surface area contributed by atoms with Crippen molar-refractivity contribution in [3.8, 4) is 0 Å². The zero-order valence-electron chi connectivity index (χ0n) is 20.4. The van der Waals surface area contributed by atoms with E-state index in [1.807, 2.05) is 84.0 Å². The largest absolute Gasteiger partial charge is 0.292 e. The minimum atomic E-state index is -0.490. The van der Waals surface area contributed by atoms with Gasteiger partial charge < -0.3 is 0 Å². The molecule has 0 aliphatic carbocycles. The Kier molecular flexibility index (Phi) is 7.21. The lowest BCUT2D eigenvalue weighted by molar-refractivity contribution is 0.0847. The highest BCUT2D eigenvalue weighted by Crippen LogP contribution is 2.25. The molecule has 0 bridgehead atoms. The van der Waals surface area contributed by atoms with Crippen LogP contribution in [0.5, 0.6) is 0 Å². The molecule has 0 atom stereocenters. The first-order valence-electron chi connectivity index (χ1n) is 11.4. The Labute approximate surface area is 196 Å². The van der Waals surface area contributed by atoms with Crippen LogP contribution in [-0.4, -0.2) is 26.5 Å². The number of rotatable bonds is 7. The topological polar surface area (TPSA) is 72.8 Å². The number of aromatic nitrogens is 3. The Morgan fingerprint density at radius 3 is 1.58 bits per heavy atom. The fraction of sp³-hybridized carbons (Fsp3) is 0.393. The van der Waals surface area contributed by atoms with Gasteiger partial charge in [-0.3, -0.25) is 14.6 Å². The third-order valence-electron chi connectivity index (χ3n) is 5.46. The van der Waals surface area contributed by atoms with Crippen molar-refractivity contribution in [2.45, 2.75) is 60.3 Å². The van der Waals surface area contributed by atoms with Gasteiger partial charge in [-0.15, -0.1) is 0 Å². The molecule has 0 unspecified atom stereocenters. The predicted octanol–water partition coefficient (Wildman–Crippen LogP) is 5.90. The Balaban J connectivity index is 1.91. The van der Waals surface area contributed by atoms with Crippen LogP contribution in [-0.2, 0) is 12.8 Å². The number of Topliss-reactive ketones (excluding diaryl/α,β-unsaturated/α-hetero) is 2. The van der Waals surface area contributed by atoms with Crippen molar-refractivity contribution in [3.05, 3.63) is 89.3 Å². The van der Waals surface area contributed by atoms with Crippen LogP contribution in [0.25, 0.3) is 0 Å². The van der Waals surface area contributed by atoms with Gasteiger partial charge in [-0.2, -0.15) is 0 Å². The standard InChI is InChI=1S/C28H33N3O2/c1-27(2,3)25(32)23-14-9-11-20(30-23)17-19(22-13-7-8-16-29-22)18-21-12-10-15-24(31-21)26(33)28(4,5)6/h7-16,19H,17-18H2,1-6H3. The summed E-state index contributed by atoms with van der Waals surface area (Å²) in [5.74, 6) is 0.0498. The minimum Gasteiger partial charge on any atom is -0.292 e. The minimum absolute atomic E-state index is 0.00572. The summed E-state index contributed by atoms with van der Waals surface area (Å²) in [7, 11) is 0. The molecule has 3 rings (SSSR count). The lowest BCUT2D eigenvalue weighted by Crippen LogP contribution is -2.22. The Hall–Kier alpha value is -3.21. The number of ketones is 2. The van der Waals surface area contributed by atoms with Crippen LogP contribution in [0, 0.1) is 10.8 Å². The summed E-state index contributed by atoms with van der Waals surface area (Å²) in [4.78, 5) is 39.4. The molecule has 33 heavy (non-hydrogen) atoms. The number of carbonyl (C=O) groups excluding carboxylic acids is 2. The third kappa shape index (κ3) is 6.41. The van der Waals surface area contributed by atoms with E-state index in [1.165, 1.54) is 0 Å². The highest BCUT2D eigenvalue weighted by atomic mass is 16.1. The lowest BCUT2D eigenvalue weighted by Gasteiger charge is -2.19. The summed E-state index contributed by atoms with van der Waals surface area (Å²) in [6.45, 7) is 11.4. The van der Waals surface area contributed by atoms with E-state index in [9.17, 15) is 9.59 Å². The lowest BCUT2D eigenvalue weighted by atomic mass is 9.88. The second kappa shape index (κ2) is 9.74. The zero-order valence-corrected chi connectivity index (χ0v) is 20.4. The van der Waals surface area contributed by atoms with Gasteiger partial charge in [0.1, 0.15) is 11.4 Å². The van der Waals surface area contributed by atoms with E-state index in [1.54, 1.807) is 18.3 Å². The SMILES string of the molecule is CC(C)(C)C(=O)c1cccc(CC(Cc2cccc(C(=O)C(C)(C)C)n2)c2ccccn2)n1. The molecule has 0 saturated heterocycles. The Bertz CT molecular complexity index is 1050. The molecule has 0 aromatic carbocycles. The van der Waals surface area contributed by atoms with Crippen LogP contribution in [0.2, 0.25) is 0 Å². The predicted molar refractivity (Wildman–Crippen MR) is 130 cm³/mol. The Morgan fingerprint density at radius 2 is 1.18 bits per heavy atom. The summed E-state index contributed by atoms with van der Waals surface area (Å²) in [5, 5.41) is 0. The Morgan fingerprint density at radius 1 is 0.697 bits per heavy atom. The van der Waals surface area contributed by atoms with Gasteiger partial charge in [0.2, 0.25) is 0 Å². The molecule has 0 N–H and O–H groups in total. The molecule has 3 heterocycles. The normalized spacial score (nSPS) is 12.1. The van der Waals surface area contributed by atoms with E-state index in [-0.39, 0.29) is 17.5 Å². The second-order valence-corrected chi connectivity index (χ2v) is 10.5. The summed E-state index contributed by atoms with van der Waals surface area (Å²) in [5.41, 5.74) is 2.59. The highest BCUT2D eigenvalue weighted by Gasteiger charge is 2.26. The third-order valence-corrected chi connectivity index (χ3v) is 5.46. The summed E-state index contributed by atoms with van der Waals surface area (Å²) in [6, 6.07) is 17.1. The van der Waals surface area contributed by atoms with Crippen LogP contribution < -0.4 is 0 Å². The molecule has 0 aliphatic rings. The average molecular weight is 444 g/mol. The van der Waals surface area contributed by atoms with Gasteiger partial charge in [0.15, 0.2) is 11.6 Å². The van der Waals surface area contributed by atoms with Crippen molar-refractivity contribution in [3.63, 3.8) is 0 Å². The van der Waals surface area contributed by atoms with Crippen LogP contribution in [0.1, 0.15) is 85.5 Å². The molecule has 172 valence electrons. The van der Waals surface area contributed by atoms with Gasteiger partial charge in [0.25, 0.3) is 0 Å². The van der Waals surface area contributed by atoms with Gasteiger partial charge >= 0.3 is 0 Å². The number of nitrogens with zero attached hydrogens (tertiary/aromatic N) is 3. The van der Waals surface area contributed by atoms with Crippen molar-refractivity contribution >= 4 is 11.6 Å². The number of pyridine rings is 3. The molecule has 0 fully saturated rings. The molecule has 5 nitrogen and oxygen atoms in total. The van der Waals surface area contributed by atoms with Crippen molar-refractivity contribution in [1.29, 1.82) is 0 Å². The second-order valence-electron chi connectivity index (χ2n) is 10.5. The maximum Gasteiger partial charge on any atom is 0.186 e. The quantitative estimate of drug-likeness (QED) is 0.425. The molecule has 0 amide bonds. The molecule has 0 spiro atoms. The van der Waals surface area contributed by atoms with Crippen molar-refractivity contribution in [2.75, 3.05) is 0 Å². The molecule has 0 aliphatic heterocycles. The molecule has 0 radical (unpaired) electrons. The van der Waals surface area contributed by atoms with Gasteiger partial charge in [0, 0.05) is 40.0 Å². The van der Waals surface area contributed by atoms with E-state index in [4.69, 9.17) is 0 Å². The number of carbonyl (C=O) groups is 2. The maximum atomic E-state index is 12.7. The first-order chi connectivity index (χ1) is 15.4. The van der Waals surface area contributed by atoms with Crippen LogP contribution in [0.15, 0.2) is 60.8 Å². The average Bonchev–Trinajstić information content (AvgIpc) is 2.77. The van der Waals surface area contributed by atoms with Gasteiger partial charge in [-0.05, 0) is 49.2 Å². The number of hydrogen-bond acceptors (Lipinski definition) is 5. The maximum absolute atomic E-state index is 12.7. The van der Waals surface area contributed by atoms with Gasteiger partial charge in [-0.1, -0.05) is 59.7 Å². The molecule has 5 heteroatoms. The smallest absolute Gasteiger partial charge is 0.186 e. The fourth-order valence-electron chi connectivity index (χ4n) is 3.61. The van der Waals surface area contributed by atoms with E-state index >= 15 is 0 Å². The van der Waals surface area contributed by atoms with Gasteiger partial charge in [0.05, 0.1) is 0 Å². The summed E-state index contributed by atoms with van der Waals surface area (Å²) in [6.07, 6.45) is 3.01. The van der Waals surface area contributed by atoms with Crippen molar-refractivity contribution in [2.24, 2.45) is 10.8 Å². The fourth-order valence-corrected chi connectivity index (χ4v) is 3.61. The van der Waals surface area contributed by atoms with Crippen molar-refractivity contribution in [1.82, 2.24) is 15.0 Å². The van der Waals surface area contributed by atoms with Gasteiger partial charge in [-0.25, -0.2) is 9.97 Å². The van der Waals surface area contributed by atoms with E-state index in [2.05, 4.69) is 15.0 Å². The molecule has 0 saturated carbocycles. The molecular weight excluding hydrogens is 410 g/mol. The zero-order chi connectivity index (χ0) is 24.2. The number of hydrogen-bond donors (Lipinski definition) is 0. The highest BCUT2D eigenvalue weighted by molar-refractivity contribution is 5.98. The molecular formula is C28H33N3O2. The van der Waals surface area contributed by atoms with Crippen LogP contribution in [0.4, 0.5) is 0 Å². The first kappa shape index (κ1) is 24.4. The summed E-state index contributed by atoms with van der Waals surface area (Å²) >= 11 is 0. The van der Waals surface area contributed by atoms with E-state index in [0.29, 0.717) is 24.2 Å². The van der Waals surface area contributed by atoms with Crippen LogP contribution >= 0.6 is 0 Å². The van der Waals surface area contributed by atoms with E-state index < -0.39 is 10.8 Å². The van der Waals surface area contributed by atoms with Crippen LogP contribution in [0.3, 0.4) is 0 Å². The molecule has 3 aromatic heterocycles. The molecule has 3 aromatic rings.